The molecule has 1 heterocycles. The lowest BCUT2D eigenvalue weighted by molar-refractivity contribution is -0.123. The molecule has 5 nitrogen and oxygen atoms in total. The van der Waals surface area contributed by atoms with Gasteiger partial charge in [-0.05, 0) is 25.8 Å². The molecule has 1 rings (SSSR count). The lowest BCUT2D eigenvalue weighted by Gasteiger charge is -2.30. The third kappa shape index (κ3) is 4.17. The van der Waals surface area contributed by atoms with Gasteiger partial charge in [0, 0.05) is 13.7 Å². The van der Waals surface area contributed by atoms with E-state index in [-0.39, 0.29) is 11.9 Å². The average molecular weight is 225 g/mol. The highest BCUT2D eigenvalue weighted by atomic mass is 16.5. The second-order valence-electron chi connectivity index (χ2n) is 3.95. The van der Waals surface area contributed by atoms with Crippen LogP contribution in [-0.4, -0.2) is 50.2 Å². The molecule has 1 atom stereocenters. The van der Waals surface area contributed by atoms with Gasteiger partial charge in [-0.1, -0.05) is 0 Å². The van der Waals surface area contributed by atoms with Crippen LogP contribution in [0.4, 0.5) is 0 Å². The van der Waals surface area contributed by atoms with Crippen molar-refractivity contribution in [2.24, 2.45) is 0 Å². The number of hydrogen-bond acceptors (Lipinski definition) is 4. The van der Waals surface area contributed by atoms with Gasteiger partial charge in [0.15, 0.2) is 0 Å². The predicted octanol–water partition coefficient (Wildman–Crippen LogP) is 0.127. The fourth-order valence-electron chi connectivity index (χ4n) is 1.86. The van der Waals surface area contributed by atoms with Crippen molar-refractivity contribution in [3.05, 3.63) is 0 Å². The number of carbonyl (C=O) groups excluding carboxylic acids is 1. The molecule has 0 spiro atoms. The summed E-state index contributed by atoms with van der Waals surface area (Å²) >= 11 is 0. The van der Waals surface area contributed by atoms with Crippen LogP contribution in [0.3, 0.4) is 0 Å². The standard InChI is InChI=1S/C11H19N3O2/c1-16-7-5-13-11(15)9-14-6-3-2-4-10(14)8-12/h10H,2-7,9H2,1H3,(H,13,15). The average Bonchev–Trinajstić information content (AvgIpc) is 2.30. The van der Waals surface area contributed by atoms with Crippen LogP contribution in [0, 0.1) is 11.3 Å². The smallest absolute Gasteiger partial charge is 0.234 e. The van der Waals surface area contributed by atoms with Gasteiger partial charge >= 0.3 is 0 Å². The van der Waals surface area contributed by atoms with Gasteiger partial charge in [-0.2, -0.15) is 5.26 Å². The van der Waals surface area contributed by atoms with E-state index in [1.807, 2.05) is 4.90 Å². The molecule has 1 aliphatic heterocycles. The largest absolute Gasteiger partial charge is 0.383 e. The fourth-order valence-corrected chi connectivity index (χ4v) is 1.86. The topological polar surface area (TPSA) is 65.4 Å². The maximum Gasteiger partial charge on any atom is 0.234 e. The molecule has 0 aromatic carbocycles. The maximum absolute atomic E-state index is 11.5. The molecule has 0 saturated carbocycles. The third-order valence-corrected chi connectivity index (χ3v) is 2.74. The number of ether oxygens (including phenoxy) is 1. The van der Waals surface area contributed by atoms with Crippen LogP contribution in [0.5, 0.6) is 0 Å². The van der Waals surface area contributed by atoms with E-state index < -0.39 is 0 Å². The molecule has 1 amide bonds. The highest BCUT2D eigenvalue weighted by molar-refractivity contribution is 5.78. The Hall–Kier alpha value is -1.12. The minimum Gasteiger partial charge on any atom is -0.383 e. The first kappa shape index (κ1) is 12.9. The molecule has 1 aliphatic rings. The van der Waals surface area contributed by atoms with Gasteiger partial charge in [0.25, 0.3) is 0 Å². The van der Waals surface area contributed by atoms with E-state index in [9.17, 15) is 4.79 Å². The van der Waals surface area contributed by atoms with Gasteiger partial charge in [0.1, 0.15) is 0 Å². The van der Waals surface area contributed by atoms with Crippen molar-refractivity contribution < 1.29 is 9.53 Å². The summed E-state index contributed by atoms with van der Waals surface area (Å²) < 4.78 is 4.84. The zero-order chi connectivity index (χ0) is 11.8. The fraction of sp³-hybridized carbons (Fsp3) is 0.818. The van der Waals surface area contributed by atoms with Gasteiger partial charge in [-0.3, -0.25) is 9.69 Å². The number of piperidine rings is 1. The molecule has 5 heteroatoms. The molecular formula is C11H19N3O2. The van der Waals surface area contributed by atoms with E-state index in [2.05, 4.69) is 11.4 Å². The molecule has 0 aromatic heterocycles. The highest BCUT2D eigenvalue weighted by Crippen LogP contribution is 2.15. The summed E-state index contributed by atoms with van der Waals surface area (Å²) in [6.45, 7) is 2.21. The van der Waals surface area contributed by atoms with Gasteiger partial charge < -0.3 is 10.1 Å². The zero-order valence-corrected chi connectivity index (χ0v) is 9.74. The van der Waals surface area contributed by atoms with Crippen molar-refractivity contribution in [1.29, 1.82) is 5.26 Å². The first-order chi connectivity index (χ1) is 7.77. The number of amides is 1. The molecule has 90 valence electrons. The molecule has 1 fully saturated rings. The molecule has 1 unspecified atom stereocenters. The minimum atomic E-state index is -0.0954. The van der Waals surface area contributed by atoms with Crippen LogP contribution in [0.15, 0.2) is 0 Å². The molecule has 1 saturated heterocycles. The van der Waals surface area contributed by atoms with Gasteiger partial charge in [-0.15, -0.1) is 0 Å². The van der Waals surface area contributed by atoms with Crippen LogP contribution in [-0.2, 0) is 9.53 Å². The molecular weight excluding hydrogens is 206 g/mol. The van der Waals surface area contributed by atoms with E-state index in [0.717, 1.165) is 25.8 Å². The molecule has 0 aromatic rings. The molecule has 0 bridgehead atoms. The van der Waals surface area contributed by atoms with Gasteiger partial charge in [0.2, 0.25) is 5.91 Å². The molecule has 16 heavy (non-hydrogen) atoms. The SMILES string of the molecule is COCCNC(=O)CN1CCCCC1C#N. The van der Waals surface area contributed by atoms with E-state index in [1.54, 1.807) is 7.11 Å². The van der Waals surface area contributed by atoms with Crippen LogP contribution in [0.2, 0.25) is 0 Å². The van der Waals surface area contributed by atoms with E-state index in [1.165, 1.54) is 0 Å². The monoisotopic (exact) mass is 225 g/mol. The van der Waals surface area contributed by atoms with E-state index in [0.29, 0.717) is 19.7 Å². The highest BCUT2D eigenvalue weighted by Gasteiger charge is 2.23. The number of methoxy groups -OCH3 is 1. The van der Waals surface area contributed by atoms with Crippen LogP contribution >= 0.6 is 0 Å². The first-order valence-corrected chi connectivity index (χ1v) is 5.67. The molecule has 0 radical (unpaired) electrons. The van der Waals surface area contributed by atoms with Crippen LogP contribution in [0.1, 0.15) is 19.3 Å². The summed E-state index contributed by atoms with van der Waals surface area (Å²) in [6, 6.07) is 2.15. The van der Waals surface area contributed by atoms with Crippen molar-refractivity contribution in [1.82, 2.24) is 10.2 Å². The quantitative estimate of drug-likeness (QED) is 0.675. The molecule has 1 N–H and O–H groups in total. The summed E-state index contributed by atoms with van der Waals surface area (Å²) in [7, 11) is 1.60. The minimum absolute atomic E-state index is 0.0285. The Morgan fingerprint density at radius 1 is 1.62 bits per heavy atom. The Morgan fingerprint density at radius 2 is 2.44 bits per heavy atom. The van der Waals surface area contributed by atoms with Crippen LogP contribution < -0.4 is 5.32 Å². The summed E-state index contributed by atoms with van der Waals surface area (Å²) in [6.07, 6.45) is 3.03. The Bertz CT molecular complexity index is 262. The van der Waals surface area contributed by atoms with E-state index in [4.69, 9.17) is 10.00 Å². The predicted molar refractivity (Wildman–Crippen MR) is 59.7 cm³/mol. The summed E-state index contributed by atoms with van der Waals surface area (Å²) in [5, 5.41) is 11.7. The number of likely N-dealkylation sites (tertiary alicyclic amines) is 1. The second kappa shape index (κ2) is 7.20. The van der Waals surface area contributed by atoms with Crippen LogP contribution in [0.25, 0.3) is 0 Å². The van der Waals surface area contributed by atoms with Gasteiger partial charge in [0.05, 0.1) is 25.3 Å². The lowest BCUT2D eigenvalue weighted by atomic mass is 10.0. The van der Waals surface area contributed by atoms with Crippen molar-refractivity contribution in [3.8, 4) is 6.07 Å². The number of carbonyl (C=O) groups is 1. The van der Waals surface area contributed by atoms with Crippen molar-refractivity contribution >= 4 is 5.91 Å². The lowest BCUT2D eigenvalue weighted by Crippen LogP contribution is -2.45. The Morgan fingerprint density at radius 3 is 3.12 bits per heavy atom. The number of nitrogens with zero attached hydrogens (tertiary/aromatic N) is 2. The second-order valence-corrected chi connectivity index (χ2v) is 3.95. The Labute approximate surface area is 96.4 Å². The Kier molecular flexibility index (Phi) is 5.83. The third-order valence-electron chi connectivity index (χ3n) is 2.74. The molecule has 0 aliphatic carbocycles. The van der Waals surface area contributed by atoms with Crippen molar-refractivity contribution in [3.63, 3.8) is 0 Å². The van der Waals surface area contributed by atoms with Crippen molar-refractivity contribution in [2.75, 3.05) is 33.4 Å². The number of hydrogen-bond donors (Lipinski definition) is 1. The van der Waals surface area contributed by atoms with E-state index >= 15 is 0 Å². The Balaban J connectivity index is 2.28. The normalized spacial score (nSPS) is 21.4. The van der Waals surface area contributed by atoms with Gasteiger partial charge in [-0.25, -0.2) is 0 Å². The maximum atomic E-state index is 11.5. The summed E-state index contributed by atoms with van der Waals surface area (Å²) in [5.41, 5.74) is 0. The number of rotatable bonds is 5. The number of nitriles is 1. The van der Waals surface area contributed by atoms with Crippen molar-refractivity contribution in [2.45, 2.75) is 25.3 Å². The number of nitrogens with one attached hydrogen (secondary N) is 1. The summed E-state index contributed by atoms with van der Waals surface area (Å²) in [4.78, 5) is 13.5. The summed E-state index contributed by atoms with van der Waals surface area (Å²) in [5.74, 6) is -0.0285. The first-order valence-electron chi connectivity index (χ1n) is 5.67. The zero-order valence-electron chi connectivity index (χ0n) is 9.74.